The van der Waals surface area contributed by atoms with E-state index < -0.39 is 6.09 Å². The summed E-state index contributed by atoms with van der Waals surface area (Å²) in [5, 5.41) is 10.9. The number of halogens is 2. The average Bonchev–Trinajstić information content (AvgIpc) is 3.35. The molecule has 192 valence electrons. The Morgan fingerprint density at radius 2 is 1.72 bits per heavy atom. The molecule has 1 heterocycles. The third-order valence-electron chi connectivity index (χ3n) is 6.31. The lowest BCUT2D eigenvalue weighted by molar-refractivity contribution is 0.111. The maximum atomic E-state index is 13.2. The van der Waals surface area contributed by atoms with Gasteiger partial charge in [-0.2, -0.15) is 0 Å². The minimum absolute atomic E-state index is 0.148. The molecule has 0 radical (unpaired) electrons. The number of benzene rings is 2. The van der Waals surface area contributed by atoms with Gasteiger partial charge in [0.05, 0.1) is 24.3 Å². The van der Waals surface area contributed by atoms with Crippen molar-refractivity contribution in [3.63, 3.8) is 0 Å². The van der Waals surface area contributed by atoms with E-state index in [1.54, 1.807) is 12.1 Å². The first kappa shape index (κ1) is 26.0. The van der Waals surface area contributed by atoms with Crippen LogP contribution in [0.1, 0.15) is 43.2 Å². The van der Waals surface area contributed by atoms with E-state index in [1.807, 2.05) is 35.2 Å². The third kappa shape index (κ3) is 6.17. The summed E-state index contributed by atoms with van der Waals surface area (Å²) in [6.45, 7) is 0.761. The van der Waals surface area contributed by atoms with Crippen LogP contribution in [-0.4, -0.2) is 41.5 Å². The zero-order valence-electron chi connectivity index (χ0n) is 20.4. The van der Waals surface area contributed by atoms with Crippen molar-refractivity contribution in [3.05, 3.63) is 63.6 Å². The molecule has 4 rings (SSSR count). The van der Waals surface area contributed by atoms with E-state index in [1.165, 1.54) is 20.6 Å². The zero-order valence-corrected chi connectivity index (χ0v) is 21.9. The van der Waals surface area contributed by atoms with Crippen LogP contribution in [0.3, 0.4) is 0 Å². The molecule has 36 heavy (non-hydrogen) atoms. The quantitative estimate of drug-likeness (QED) is 0.319. The second kappa shape index (κ2) is 12.2. The van der Waals surface area contributed by atoms with E-state index in [4.69, 9.17) is 37.4 Å². The summed E-state index contributed by atoms with van der Waals surface area (Å²) in [7, 11) is 3.05. The number of amides is 1. The molecule has 0 saturated heterocycles. The fraction of sp³-hybridized carbons (Fsp3) is 0.385. The van der Waals surface area contributed by atoms with E-state index in [-0.39, 0.29) is 18.5 Å². The van der Waals surface area contributed by atoms with Gasteiger partial charge in [-0.3, -0.25) is 5.10 Å². The number of hydrogen-bond acceptors (Lipinski definition) is 6. The number of aromatic nitrogens is 2. The lowest BCUT2D eigenvalue weighted by atomic mass is 9.94. The van der Waals surface area contributed by atoms with E-state index in [0.717, 1.165) is 31.2 Å². The average molecular weight is 533 g/mol. The molecular weight excluding hydrogens is 503 g/mol. The van der Waals surface area contributed by atoms with Gasteiger partial charge in [-0.05, 0) is 18.4 Å². The smallest absolute Gasteiger partial charge is 0.417 e. The third-order valence-corrected chi connectivity index (χ3v) is 7.14. The predicted molar refractivity (Wildman–Crippen MR) is 140 cm³/mol. The molecule has 1 aliphatic rings. The van der Waals surface area contributed by atoms with Crippen LogP contribution in [0.5, 0.6) is 17.4 Å². The van der Waals surface area contributed by atoms with Gasteiger partial charge in [-0.1, -0.05) is 72.8 Å². The fourth-order valence-electron chi connectivity index (χ4n) is 4.39. The minimum atomic E-state index is -0.410. The molecule has 1 aliphatic carbocycles. The molecule has 8 nitrogen and oxygen atoms in total. The zero-order chi connectivity index (χ0) is 25.5. The summed E-state index contributed by atoms with van der Waals surface area (Å²) >= 11 is 12.9. The normalized spacial score (nSPS) is 13.8. The Morgan fingerprint density at radius 3 is 2.36 bits per heavy atom. The highest BCUT2D eigenvalue weighted by Gasteiger charge is 2.28. The van der Waals surface area contributed by atoms with Crippen LogP contribution in [0, 0.1) is 0 Å². The maximum Gasteiger partial charge on any atom is 0.417 e. The molecule has 0 unspecified atom stereocenters. The predicted octanol–water partition coefficient (Wildman–Crippen LogP) is 6.68. The van der Waals surface area contributed by atoms with Crippen LogP contribution in [-0.2, 0) is 13.1 Å². The molecule has 1 fully saturated rings. The Balaban J connectivity index is 1.44. The minimum Gasteiger partial charge on any atom is -0.495 e. The molecule has 3 aromatic rings. The summed E-state index contributed by atoms with van der Waals surface area (Å²) in [5.74, 6) is 1.63. The van der Waals surface area contributed by atoms with E-state index in [2.05, 4.69) is 15.5 Å². The topological polar surface area (TPSA) is 88.7 Å². The number of ether oxygens (including phenoxy) is 3. The monoisotopic (exact) mass is 532 g/mol. The van der Waals surface area contributed by atoms with Gasteiger partial charge in [-0.25, -0.2) is 4.79 Å². The van der Waals surface area contributed by atoms with Crippen LogP contribution < -0.4 is 19.5 Å². The number of nitrogens with zero attached hydrogens (tertiary/aromatic N) is 2. The van der Waals surface area contributed by atoms with Gasteiger partial charge in [0.25, 0.3) is 0 Å². The van der Waals surface area contributed by atoms with Gasteiger partial charge < -0.3 is 24.4 Å². The standard InChI is InChI=1S/C26H30Cl2N4O4/c1-34-20-13-21(35-2)25(28)19(24(20)27)15-29-22-14-23(31-30-22)36-26(33)32(18-11-7-4-8-12-18)16-17-9-5-3-6-10-17/h3,5-6,9-10,13-14,18H,4,7-8,11-12,15-16H2,1-2H3,(H2,29,30,31). The number of anilines is 1. The molecule has 10 heteroatoms. The summed E-state index contributed by atoms with van der Waals surface area (Å²) < 4.78 is 16.3. The fourth-order valence-corrected chi connectivity index (χ4v) is 5.02. The number of aromatic amines is 1. The van der Waals surface area contributed by atoms with Gasteiger partial charge in [0.15, 0.2) is 0 Å². The van der Waals surface area contributed by atoms with Gasteiger partial charge in [0.2, 0.25) is 5.88 Å². The van der Waals surface area contributed by atoms with Crippen molar-refractivity contribution in [1.82, 2.24) is 15.1 Å². The molecular formula is C26H30Cl2N4O4. The van der Waals surface area contributed by atoms with Gasteiger partial charge in [0.1, 0.15) is 17.3 Å². The molecule has 1 saturated carbocycles. The van der Waals surface area contributed by atoms with Crippen LogP contribution in [0.25, 0.3) is 0 Å². The first-order valence-electron chi connectivity index (χ1n) is 11.9. The Labute approximate surface area is 220 Å². The number of rotatable bonds is 9. The Bertz CT molecular complexity index is 1140. The number of nitrogens with one attached hydrogen (secondary N) is 2. The van der Waals surface area contributed by atoms with Gasteiger partial charge in [0, 0.05) is 36.8 Å². The van der Waals surface area contributed by atoms with Crippen molar-refractivity contribution in [1.29, 1.82) is 0 Å². The summed E-state index contributed by atoms with van der Waals surface area (Å²) in [6.07, 6.45) is 4.96. The summed E-state index contributed by atoms with van der Waals surface area (Å²) in [5.41, 5.74) is 1.67. The molecule has 0 spiro atoms. The first-order chi connectivity index (χ1) is 17.5. The number of H-pyrrole nitrogens is 1. The van der Waals surface area contributed by atoms with E-state index in [0.29, 0.717) is 39.5 Å². The highest BCUT2D eigenvalue weighted by molar-refractivity contribution is 6.37. The van der Waals surface area contributed by atoms with E-state index in [9.17, 15) is 4.79 Å². The summed E-state index contributed by atoms with van der Waals surface area (Å²) in [4.78, 5) is 15.0. The lowest BCUT2D eigenvalue weighted by Crippen LogP contribution is -2.42. The highest BCUT2D eigenvalue weighted by Crippen LogP contribution is 2.40. The second-order valence-electron chi connectivity index (χ2n) is 8.63. The Hall–Kier alpha value is -3.10. The molecule has 1 aromatic heterocycles. The number of carbonyl (C=O) groups is 1. The maximum absolute atomic E-state index is 13.2. The van der Waals surface area contributed by atoms with Crippen molar-refractivity contribution in [2.24, 2.45) is 0 Å². The van der Waals surface area contributed by atoms with Crippen molar-refractivity contribution in [3.8, 4) is 17.4 Å². The van der Waals surface area contributed by atoms with Crippen molar-refractivity contribution >= 4 is 35.1 Å². The van der Waals surface area contributed by atoms with Crippen LogP contribution >= 0.6 is 23.2 Å². The molecule has 0 aliphatic heterocycles. The molecule has 2 aromatic carbocycles. The van der Waals surface area contributed by atoms with E-state index >= 15 is 0 Å². The molecule has 0 atom stereocenters. The van der Waals surface area contributed by atoms with Crippen molar-refractivity contribution in [2.45, 2.75) is 51.2 Å². The highest BCUT2D eigenvalue weighted by atomic mass is 35.5. The first-order valence-corrected chi connectivity index (χ1v) is 12.7. The van der Waals surface area contributed by atoms with Crippen molar-refractivity contribution < 1.29 is 19.0 Å². The van der Waals surface area contributed by atoms with Crippen molar-refractivity contribution in [2.75, 3.05) is 19.5 Å². The SMILES string of the molecule is COc1cc(OC)c(Cl)c(CNc2cc(OC(=O)N(Cc3ccccc3)C3CCCCC3)n[nH]2)c1Cl. The van der Waals surface area contributed by atoms with Crippen LogP contribution in [0.15, 0.2) is 42.5 Å². The molecule has 2 N–H and O–H groups in total. The largest absolute Gasteiger partial charge is 0.495 e. The van der Waals surface area contributed by atoms with Crippen LogP contribution in [0.4, 0.5) is 10.6 Å². The summed E-state index contributed by atoms with van der Waals surface area (Å²) in [6, 6.07) is 13.4. The Morgan fingerprint density at radius 1 is 1.06 bits per heavy atom. The number of methoxy groups -OCH3 is 2. The lowest BCUT2D eigenvalue weighted by Gasteiger charge is -2.33. The second-order valence-corrected chi connectivity index (χ2v) is 9.39. The van der Waals surface area contributed by atoms with Gasteiger partial charge >= 0.3 is 6.09 Å². The molecule has 0 bridgehead atoms. The number of hydrogen-bond donors (Lipinski definition) is 2. The molecule has 1 amide bonds. The number of carbonyl (C=O) groups excluding carboxylic acids is 1. The van der Waals surface area contributed by atoms with Gasteiger partial charge in [-0.15, -0.1) is 5.10 Å². The van der Waals surface area contributed by atoms with Crippen LogP contribution in [0.2, 0.25) is 10.0 Å². The Kier molecular flexibility index (Phi) is 8.83.